The molecule has 96 valence electrons. The highest BCUT2D eigenvalue weighted by molar-refractivity contribution is 7.99. The van der Waals surface area contributed by atoms with Gasteiger partial charge in [0.2, 0.25) is 0 Å². The topological polar surface area (TPSA) is 66.0 Å². The molecule has 2 rings (SSSR count). The van der Waals surface area contributed by atoms with E-state index >= 15 is 0 Å². The lowest BCUT2D eigenvalue weighted by Gasteiger charge is -2.07. The molecule has 1 aromatic rings. The van der Waals surface area contributed by atoms with Gasteiger partial charge in [0.25, 0.3) is 0 Å². The van der Waals surface area contributed by atoms with Gasteiger partial charge in [0.15, 0.2) is 5.16 Å². The van der Waals surface area contributed by atoms with Crippen molar-refractivity contribution >= 4 is 11.8 Å². The van der Waals surface area contributed by atoms with Crippen LogP contribution < -0.4 is 5.73 Å². The normalized spacial score (nSPS) is 15.4. The van der Waals surface area contributed by atoms with Crippen molar-refractivity contribution in [2.75, 3.05) is 12.5 Å². The minimum absolute atomic E-state index is 0.441. The van der Waals surface area contributed by atoms with E-state index in [1.165, 1.54) is 12.8 Å². The van der Waals surface area contributed by atoms with E-state index in [2.05, 4.69) is 21.7 Å². The largest absolute Gasteiger partial charge is 0.370 e. The first-order valence-electron chi connectivity index (χ1n) is 6.17. The molecule has 0 spiro atoms. The molecule has 5 nitrogen and oxygen atoms in total. The van der Waals surface area contributed by atoms with E-state index in [9.17, 15) is 0 Å². The Bertz CT molecular complexity index is 351. The van der Waals surface area contributed by atoms with Crippen LogP contribution in [0.2, 0.25) is 0 Å². The SMILES string of the molecule is CCCn1c(CN)nnc1SCOCC1CC1. The second-order valence-corrected chi connectivity index (χ2v) is 5.22. The molecule has 1 aromatic heterocycles. The number of thioether (sulfide) groups is 1. The zero-order chi connectivity index (χ0) is 12.1. The highest BCUT2D eigenvalue weighted by Crippen LogP contribution is 2.29. The fourth-order valence-corrected chi connectivity index (χ4v) is 2.35. The number of nitrogens with zero attached hydrogens (tertiary/aromatic N) is 3. The molecule has 0 aliphatic heterocycles. The number of rotatable bonds is 8. The van der Waals surface area contributed by atoms with E-state index in [-0.39, 0.29) is 0 Å². The van der Waals surface area contributed by atoms with Gasteiger partial charge in [-0.3, -0.25) is 0 Å². The highest BCUT2D eigenvalue weighted by Gasteiger charge is 2.21. The smallest absolute Gasteiger partial charge is 0.193 e. The van der Waals surface area contributed by atoms with Crippen molar-refractivity contribution in [2.24, 2.45) is 11.7 Å². The summed E-state index contributed by atoms with van der Waals surface area (Å²) in [6, 6.07) is 0. The van der Waals surface area contributed by atoms with Gasteiger partial charge in [0.1, 0.15) is 5.82 Å². The zero-order valence-electron chi connectivity index (χ0n) is 10.3. The standard InChI is InChI=1S/C11H20N4OS/c1-2-5-15-10(6-12)13-14-11(15)17-8-16-7-9-3-4-9/h9H,2-8,12H2,1H3. The predicted octanol–water partition coefficient (Wildman–Crippen LogP) is 1.62. The molecule has 0 unspecified atom stereocenters. The van der Waals surface area contributed by atoms with Gasteiger partial charge in [-0.2, -0.15) is 0 Å². The van der Waals surface area contributed by atoms with Crippen molar-refractivity contribution in [1.82, 2.24) is 14.8 Å². The maximum atomic E-state index is 5.63. The fourth-order valence-electron chi connectivity index (χ4n) is 1.62. The number of hydrogen-bond acceptors (Lipinski definition) is 5. The molecule has 6 heteroatoms. The summed E-state index contributed by atoms with van der Waals surface area (Å²) in [4.78, 5) is 0. The van der Waals surface area contributed by atoms with Gasteiger partial charge in [-0.15, -0.1) is 10.2 Å². The van der Waals surface area contributed by atoms with Gasteiger partial charge in [-0.25, -0.2) is 0 Å². The maximum absolute atomic E-state index is 5.63. The summed E-state index contributed by atoms with van der Waals surface area (Å²) in [6.07, 6.45) is 3.71. The van der Waals surface area contributed by atoms with Crippen LogP contribution in [0.15, 0.2) is 5.16 Å². The Balaban J connectivity index is 1.82. The van der Waals surface area contributed by atoms with E-state index < -0.39 is 0 Å². The van der Waals surface area contributed by atoms with E-state index in [4.69, 9.17) is 10.5 Å². The van der Waals surface area contributed by atoms with E-state index in [1.807, 2.05) is 0 Å². The summed E-state index contributed by atoms with van der Waals surface area (Å²) in [5, 5.41) is 9.16. The molecule has 1 heterocycles. The third kappa shape index (κ3) is 3.69. The quantitative estimate of drug-likeness (QED) is 0.435. The summed E-state index contributed by atoms with van der Waals surface area (Å²) in [6.45, 7) is 4.39. The molecule has 0 atom stereocenters. The van der Waals surface area contributed by atoms with Crippen LogP contribution in [0.25, 0.3) is 0 Å². The molecule has 0 radical (unpaired) electrons. The van der Waals surface area contributed by atoms with Crippen molar-refractivity contribution in [1.29, 1.82) is 0 Å². The van der Waals surface area contributed by atoms with Gasteiger partial charge in [-0.05, 0) is 25.2 Å². The average molecular weight is 256 g/mol. The minimum atomic E-state index is 0.441. The number of hydrogen-bond donors (Lipinski definition) is 1. The predicted molar refractivity (Wildman–Crippen MR) is 67.6 cm³/mol. The van der Waals surface area contributed by atoms with Crippen LogP contribution in [0.4, 0.5) is 0 Å². The minimum Gasteiger partial charge on any atom is -0.370 e. The molecule has 2 N–H and O–H groups in total. The van der Waals surface area contributed by atoms with Crippen molar-refractivity contribution < 1.29 is 4.74 Å². The third-order valence-electron chi connectivity index (χ3n) is 2.75. The van der Waals surface area contributed by atoms with Crippen LogP contribution in [-0.4, -0.2) is 27.3 Å². The van der Waals surface area contributed by atoms with Crippen LogP contribution in [0.5, 0.6) is 0 Å². The Hall–Kier alpha value is -0.590. The van der Waals surface area contributed by atoms with Crippen LogP contribution in [0, 0.1) is 5.92 Å². The number of nitrogens with two attached hydrogens (primary N) is 1. The molecular formula is C11H20N4OS. The lowest BCUT2D eigenvalue weighted by atomic mass is 10.4. The Morgan fingerprint density at radius 3 is 2.94 bits per heavy atom. The first-order valence-corrected chi connectivity index (χ1v) is 7.16. The molecule has 1 fully saturated rings. The molecule has 1 aliphatic carbocycles. The van der Waals surface area contributed by atoms with E-state index in [1.54, 1.807) is 11.8 Å². The first kappa shape index (κ1) is 12.9. The first-order chi connectivity index (χ1) is 8.35. The van der Waals surface area contributed by atoms with Crippen LogP contribution >= 0.6 is 11.8 Å². The van der Waals surface area contributed by atoms with Gasteiger partial charge in [0.05, 0.1) is 19.1 Å². The number of ether oxygens (including phenoxy) is 1. The van der Waals surface area contributed by atoms with Crippen LogP contribution in [-0.2, 0) is 17.8 Å². The highest BCUT2D eigenvalue weighted by atomic mass is 32.2. The molecule has 0 amide bonds. The van der Waals surface area contributed by atoms with Crippen molar-refractivity contribution in [2.45, 2.75) is 44.4 Å². The van der Waals surface area contributed by atoms with Crippen molar-refractivity contribution in [3.8, 4) is 0 Å². The van der Waals surface area contributed by atoms with Gasteiger partial charge >= 0.3 is 0 Å². The molecular weight excluding hydrogens is 236 g/mol. The molecule has 0 bridgehead atoms. The maximum Gasteiger partial charge on any atom is 0.193 e. The molecule has 0 saturated heterocycles. The van der Waals surface area contributed by atoms with Crippen molar-refractivity contribution in [3.63, 3.8) is 0 Å². The lowest BCUT2D eigenvalue weighted by Crippen LogP contribution is -2.09. The monoisotopic (exact) mass is 256 g/mol. The second-order valence-electron chi connectivity index (χ2n) is 4.33. The Kier molecular flexibility index (Phi) is 4.82. The molecule has 1 aliphatic rings. The Morgan fingerprint density at radius 1 is 1.47 bits per heavy atom. The summed E-state index contributed by atoms with van der Waals surface area (Å²) in [5.74, 6) is 2.32. The van der Waals surface area contributed by atoms with Gasteiger partial charge in [0, 0.05) is 6.54 Å². The Morgan fingerprint density at radius 2 is 2.29 bits per heavy atom. The fraction of sp³-hybridized carbons (Fsp3) is 0.818. The lowest BCUT2D eigenvalue weighted by molar-refractivity contribution is 0.170. The zero-order valence-corrected chi connectivity index (χ0v) is 11.1. The van der Waals surface area contributed by atoms with E-state index in [0.717, 1.165) is 36.5 Å². The summed E-state index contributed by atoms with van der Waals surface area (Å²) < 4.78 is 7.68. The van der Waals surface area contributed by atoms with Crippen LogP contribution in [0.1, 0.15) is 32.0 Å². The molecule has 1 saturated carbocycles. The van der Waals surface area contributed by atoms with E-state index in [0.29, 0.717) is 12.5 Å². The third-order valence-corrected chi connectivity index (χ3v) is 3.59. The van der Waals surface area contributed by atoms with Gasteiger partial charge < -0.3 is 15.0 Å². The summed E-state index contributed by atoms with van der Waals surface area (Å²) in [5.41, 5.74) is 5.63. The average Bonchev–Trinajstić information content (AvgIpc) is 3.08. The molecule has 17 heavy (non-hydrogen) atoms. The van der Waals surface area contributed by atoms with Crippen LogP contribution in [0.3, 0.4) is 0 Å². The van der Waals surface area contributed by atoms with Gasteiger partial charge in [-0.1, -0.05) is 18.7 Å². The summed E-state index contributed by atoms with van der Waals surface area (Å²) >= 11 is 1.60. The second kappa shape index (κ2) is 6.37. The van der Waals surface area contributed by atoms with Crippen molar-refractivity contribution in [3.05, 3.63) is 5.82 Å². The molecule has 0 aromatic carbocycles. The summed E-state index contributed by atoms with van der Waals surface area (Å²) in [7, 11) is 0. The Labute approximate surface area is 106 Å². The number of aromatic nitrogens is 3.